The summed E-state index contributed by atoms with van der Waals surface area (Å²) in [5, 5.41) is 26.2. The van der Waals surface area contributed by atoms with Crippen molar-refractivity contribution in [3.05, 3.63) is 48.5 Å². The molecule has 2 unspecified atom stereocenters. The molecule has 3 aromatic rings. The van der Waals surface area contributed by atoms with E-state index >= 15 is 0 Å². The van der Waals surface area contributed by atoms with Gasteiger partial charge in [0, 0.05) is 36.2 Å². The molecule has 28 heteroatoms. The number of aliphatic hydroxyl groups excluding tert-OH is 2. The summed E-state index contributed by atoms with van der Waals surface area (Å²) in [5.41, 5.74) is 4.78. The maximum Gasteiger partial charge on any atom is 0.481 e. The van der Waals surface area contributed by atoms with Crippen LogP contribution >= 0.6 is 35.2 Å². The number of rotatable bonds is 20. The Kier molecular flexibility index (Phi) is 15.4. The number of thioether (sulfide) groups is 1. The molecule has 1 aromatic carbocycles. The number of carbonyl (C=O) groups excluding carboxylic acids is 3. The van der Waals surface area contributed by atoms with Crippen LogP contribution in [0.4, 0.5) is 5.82 Å². The standard InChI is InChI=1S/C28H40N7O17P3S/c1-28(2,22(38)25(39)31-9-8-18(36)30-10-11-56-27(40)16-6-4-3-5-7-16)13-49-55(46,47)52-54(44,45)48-12-17-21(51-53(41,42)43)20(37)26(50-17)35-15-34-19-23(29)32-14-33-24(19)35/h3-7,14-15,17,20-22,26,37-38H,8-13H2,1-2H3,(H,30,36)(H,31,39)(H,44,45)(H,46,47)(H2,29,32,33)(H2,41,42,43)/t17-,20+,21-,22+,26-/m0/s1. The smallest absolute Gasteiger partial charge is 0.386 e. The summed E-state index contributed by atoms with van der Waals surface area (Å²) in [6.07, 6.45) is -6.94. The summed E-state index contributed by atoms with van der Waals surface area (Å²) in [7, 11) is -16.4. The highest BCUT2D eigenvalue weighted by atomic mass is 32.2. The fraction of sp³-hybridized carbons (Fsp3) is 0.500. The van der Waals surface area contributed by atoms with E-state index in [9.17, 15) is 57.9 Å². The molecule has 4 rings (SSSR count). The molecule has 0 aliphatic carbocycles. The second-order valence-corrected chi connectivity index (χ2v) is 17.9. The Morgan fingerprint density at radius 3 is 2.38 bits per heavy atom. The normalized spacial score (nSPS) is 21.6. The molecular weight excluding hydrogens is 831 g/mol. The number of aromatic nitrogens is 4. The van der Waals surface area contributed by atoms with Gasteiger partial charge in [0.1, 0.15) is 36.3 Å². The van der Waals surface area contributed by atoms with Crippen molar-refractivity contribution in [1.82, 2.24) is 30.2 Å². The lowest BCUT2D eigenvalue weighted by Crippen LogP contribution is -2.46. The van der Waals surface area contributed by atoms with E-state index in [1.165, 1.54) is 13.8 Å². The molecule has 56 heavy (non-hydrogen) atoms. The zero-order chi connectivity index (χ0) is 41.5. The van der Waals surface area contributed by atoms with Gasteiger partial charge in [-0.3, -0.25) is 32.5 Å². The summed E-state index contributed by atoms with van der Waals surface area (Å²) in [5.74, 6) is -1.17. The number of benzene rings is 1. The van der Waals surface area contributed by atoms with Crippen molar-refractivity contribution in [3.63, 3.8) is 0 Å². The van der Waals surface area contributed by atoms with Crippen molar-refractivity contribution in [2.45, 2.75) is 50.9 Å². The summed E-state index contributed by atoms with van der Waals surface area (Å²) in [6, 6.07) is 8.58. The van der Waals surface area contributed by atoms with Crippen LogP contribution < -0.4 is 16.4 Å². The third-order valence-electron chi connectivity index (χ3n) is 7.74. The number of imidazole rings is 1. The number of aliphatic hydroxyl groups is 2. The van der Waals surface area contributed by atoms with Gasteiger partial charge in [-0.05, 0) is 0 Å². The second-order valence-electron chi connectivity index (χ2n) is 12.6. The molecule has 7 atom stereocenters. The molecule has 1 aliphatic rings. The lowest BCUT2D eigenvalue weighted by molar-refractivity contribution is -0.137. The summed E-state index contributed by atoms with van der Waals surface area (Å²) in [4.78, 5) is 87.7. The van der Waals surface area contributed by atoms with Gasteiger partial charge in [0.2, 0.25) is 16.9 Å². The lowest BCUT2D eigenvalue weighted by atomic mass is 9.87. The number of amides is 2. The maximum atomic E-state index is 12.7. The van der Waals surface area contributed by atoms with Gasteiger partial charge in [-0.2, -0.15) is 4.31 Å². The van der Waals surface area contributed by atoms with E-state index in [-0.39, 0.29) is 41.6 Å². The minimum Gasteiger partial charge on any atom is -0.386 e. The zero-order valence-electron chi connectivity index (χ0n) is 29.5. The van der Waals surface area contributed by atoms with E-state index in [2.05, 4.69) is 34.4 Å². The van der Waals surface area contributed by atoms with Crippen LogP contribution in [0.1, 0.15) is 36.9 Å². The van der Waals surface area contributed by atoms with E-state index < -0.39 is 84.6 Å². The van der Waals surface area contributed by atoms with Gasteiger partial charge >= 0.3 is 23.5 Å². The molecule has 1 fully saturated rings. The molecule has 310 valence electrons. The Bertz CT molecular complexity index is 2000. The Morgan fingerprint density at radius 2 is 1.70 bits per heavy atom. The quantitative estimate of drug-likeness (QED) is 0.0532. The number of nitrogens with two attached hydrogens (primary N) is 1. The molecule has 1 aliphatic heterocycles. The second kappa shape index (κ2) is 19.0. The topological polar surface area (TPSA) is 364 Å². The Balaban J connectivity index is 1.23. The van der Waals surface area contributed by atoms with Gasteiger partial charge in [-0.25, -0.2) is 28.6 Å². The van der Waals surface area contributed by atoms with Gasteiger partial charge in [-0.1, -0.05) is 55.9 Å². The number of nitrogens with zero attached hydrogens (tertiary/aromatic N) is 4. The van der Waals surface area contributed by atoms with E-state index in [0.717, 1.165) is 29.0 Å². The monoisotopic (exact) mass is 871 g/mol. The Morgan fingerprint density at radius 1 is 1.02 bits per heavy atom. The van der Waals surface area contributed by atoms with Crippen LogP contribution in [0.25, 0.3) is 11.2 Å². The first-order valence-corrected chi connectivity index (χ1v) is 21.7. The number of anilines is 1. The molecule has 0 bridgehead atoms. The zero-order valence-corrected chi connectivity index (χ0v) is 33.0. The number of nitrogens with one attached hydrogen (secondary N) is 2. The van der Waals surface area contributed by atoms with E-state index in [1.54, 1.807) is 30.3 Å². The molecule has 0 saturated carbocycles. The van der Waals surface area contributed by atoms with Gasteiger partial charge in [0.15, 0.2) is 17.7 Å². The predicted octanol–water partition coefficient (Wildman–Crippen LogP) is -0.0215. The molecule has 10 N–H and O–H groups in total. The first-order valence-electron chi connectivity index (χ1n) is 16.2. The lowest BCUT2D eigenvalue weighted by Gasteiger charge is -2.30. The third kappa shape index (κ3) is 12.9. The highest BCUT2D eigenvalue weighted by Gasteiger charge is 2.50. The molecule has 0 radical (unpaired) electrons. The van der Waals surface area contributed by atoms with E-state index in [1.807, 2.05) is 0 Å². The van der Waals surface area contributed by atoms with Crippen LogP contribution in [0, 0.1) is 5.41 Å². The molecule has 0 spiro atoms. The number of nitrogen functional groups attached to an aromatic ring is 1. The van der Waals surface area contributed by atoms with Crippen molar-refractivity contribution in [2.24, 2.45) is 5.41 Å². The molecule has 2 amide bonds. The highest BCUT2D eigenvalue weighted by Crippen LogP contribution is 2.61. The number of hydrogen-bond donors (Lipinski definition) is 9. The van der Waals surface area contributed by atoms with Gasteiger partial charge in [-0.15, -0.1) is 0 Å². The number of hydrogen-bond acceptors (Lipinski definition) is 18. The van der Waals surface area contributed by atoms with Crippen LogP contribution in [-0.2, 0) is 45.9 Å². The summed E-state index contributed by atoms with van der Waals surface area (Å²) < 4.78 is 62.1. The molecule has 2 aromatic heterocycles. The average molecular weight is 872 g/mol. The number of ether oxygens (including phenoxy) is 1. The van der Waals surface area contributed by atoms with Crippen LogP contribution in [0.3, 0.4) is 0 Å². The summed E-state index contributed by atoms with van der Waals surface area (Å²) >= 11 is 1.02. The van der Waals surface area contributed by atoms with Crippen LogP contribution in [0.15, 0.2) is 43.0 Å². The van der Waals surface area contributed by atoms with Crippen molar-refractivity contribution < 1.29 is 80.5 Å². The van der Waals surface area contributed by atoms with Crippen molar-refractivity contribution in [3.8, 4) is 0 Å². The van der Waals surface area contributed by atoms with Gasteiger partial charge in [0.05, 0.1) is 19.5 Å². The van der Waals surface area contributed by atoms with E-state index in [0.29, 0.717) is 11.3 Å². The Hall–Kier alpha value is -3.22. The van der Waals surface area contributed by atoms with Crippen LogP contribution in [-0.4, -0.2) is 123 Å². The number of phosphoric ester groups is 3. The third-order valence-corrected chi connectivity index (χ3v) is 11.8. The minimum absolute atomic E-state index is 0.0292. The average Bonchev–Trinajstić information content (AvgIpc) is 3.68. The van der Waals surface area contributed by atoms with Crippen LogP contribution in [0.2, 0.25) is 0 Å². The SMILES string of the molecule is CC(C)(COP(=O)(O)OP(=O)(O)OC[C@@H]1O[C@H](n2cnc3c(N)ncnc32)[C@H](O)[C@H]1OP(=O)(O)O)[C@H](O)C(=O)NCCC(=O)NCCSC(=O)c1ccccc1. The minimum atomic E-state index is -5.57. The van der Waals surface area contributed by atoms with Gasteiger partial charge < -0.3 is 50.9 Å². The number of carbonyl (C=O) groups is 3. The number of phosphoric acid groups is 3. The Labute approximate surface area is 321 Å². The maximum absolute atomic E-state index is 12.7. The van der Waals surface area contributed by atoms with Crippen molar-refractivity contribution in [1.29, 1.82) is 0 Å². The first-order chi connectivity index (χ1) is 26.1. The van der Waals surface area contributed by atoms with Crippen LogP contribution in [0.5, 0.6) is 0 Å². The first kappa shape index (κ1) is 45.5. The fourth-order valence-electron chi connectivity index (χ4n) is 4.93. The fourth-order valence-corrected chi connectivity index (χ4v) is 8.45. The molecule has 1 saturated heterocycles. The van der Waals surface area contributed by atoms with Crippen molar-refractivity contribution >= 4 is 69.1 Å². The van der Waals surface area contributed by atoms with Gasteiger partial charge in [0.25, 0.3) is 0 Å². The predicted molar refractivity (Wildman–Crippen MR) is 193 cm³/mol. The number of fused-ring (bicyclic) bond motifs is 1. The summed E-state index contributed by atoms with van der Waals surface area (Å²) in [6.45, 7) is 0.448. The highest BCUT2D eigenvalue weighted by molar-refractivity contribution is 8.14. The van der Waals surface area contributed by atoms with E-state index in [4.69, 9.17) is 19.5 Å². The molecular formula is C28H40N7O17P3S. The largest absolute Gasteiger partial charge is 0.481 e. The molecule has 24 nitrogen and oxygen atoms in total. The van der Waals surface area contributed by atoms with Crippen molar-refractivity contribution in [2.75, 3.05) is 37.8 Å². The molecule has 3 heterocycles.